The molecular weight excluding hydrogens is 494 g/mol. The van der Waals surface area contributed by atoms with Crippen LogP contribution in [0.3, 0.4) is 0 Å². The molecule has 1 saturated carbocycles. The molecule has 1 aromatic heterocycles. The monoisotopic (exact) mass is 531 g/mol. The van der Waals surface area contributed by atoms with Gasteiger partial charge in [-0.1, -0.05) is 15.9 Å². The Kier molecular flexibility index (Phi) is 8.47. The number of nitrogens with zero attached hydrogens (tertiary/aromatic N) is 2. The molecule has 3 rings (SSSR count). The molecule has 0 unspecified atom stereocenters. The van der Waals surface area contributed by atoms with Gasteiger partial charge < -0.3 is 25.8 Å². The summed E-state index contributed by atoms with van der Waals surface area (Å²) in [5, 5.41) is 2.93. The van der Waals surface area contributed by atoms with Crippen molar-refractivity contribution in [2.45, 2.75) is 72.0 Å². The van der Waals surface area contributed by atoms with Crippen LogP contribution in [0, 0.1) is 20.8 Å². The minimum absolute atomic E-state index is 0.123. The van der Waals surface area contributed by atoms with Crippen LogP contribution in [0.25, 0.3) is 0 Å². The highest BCUT2D eigenvalue weighted by Crippen LogP contribution is 2.34. The smallest absolute Gasteiger partial charge is 0.251 e. The van der Waals surface area contributed by atoms with Gasteiger partial charge in [0.2, 0.25) is 5.43 Å². The van der Waals surface area contributed by atoms with E-state index in [9.17, 15) is 9.59 Å². The molecule has 0 radical (unpaired) electrons. The number of amides is 1. The van der Waals surface area contributed by atoms with Crippen molar-refractivity contribution in [3.63, 3.8) is 0 Å². The maximum Gasteiger partial charge on any atom is 0.251 e. The Morgan fingerprint density at radius 2 is 1.74 bits per heavy atom. The van der Waals surface area contributed by atoms with Gasteiger partial charge in [-0.3, -0.25) is 9.59 Å². The quantitative estimate of drug-likeness (QED) is 0.495. The fourth-order valence-electron chi connectivity index (χ4n) is 5.11. The van der Waals surface area contributed by atoms with Gasteiger partial charge in [-0.2, -0.15) is 0 Å². The molecule has 0 spiro atoms. The summed E-state index contributed by atoms with van der Waals surface area (Å²) in [6, 6.07) is 5.07. The maximum atomic E-state index is 13.2. The molecule has 8 heteroatoms. The van der Waals surface area contributed by atoms with Crippen molar-refractivity contribution >= 4 is 33.2 Å². The summed E-state index contributed by atoms with van der Waals surface area (Å²) in [7, 11) is 4.32. The van der Waals surface area contributed by atoms with Gasteiger partial charge in [0.25, 0.3) is 5.91 Å². The van der Waals surface area contributed by atoms with E-state index in [1.165, 1.54) is 12.8 Å². The number of nitrogens with two attached hydrogens (primary N) is 1. The molecule has 1 fully saturated rings. The third-order valence-corrected chi connectivity index (χ3v) is 7.71. The van der Waals surface area contributed by atoms with Gasteiger partial charge in [-0.15, -0.1) is 0 Å². The fraction of sp³-hybridized carbons (Fsp3) is 0.538. The predicted molar refractivity (Wildman–Crippen MR) is 144 cm³/mol. The number of benzene rings is 1. The first kappa shape index (κ1) is 26.3. The van der Waals surface area contributed by atoms with Gasteiger partial charge in [-0.05, 0) is 85.2 Å². The van der Waals surface area contributed by atoms with Crippen LogP contribution in [0.15, 0.2) is 21.4 Å². The first-order chi connectivity index (χ1) is 16.0. The summed E-state index contributed by atoms with van der Waals surface area (Å²) in [6.45, 7) is 8.78. The average Bonchev–Trinajstić information content (AvgIpc) is 2.80. The lowest BCUT2D eigenvalue weighted by molar-refractivity contribution is 0.0950. The molecule has 0 saturated heterocycles. The number of H-pyrrole nitrogens is 1. The molecule has 4 N–H and O–H groups in total. The van der Waals surface area contributed by atoms with Crippen LogP contribution in [0.2, 0.25) is 0 Å². The van der Waals surface area contributed by atoms with Crippen LogP contribution >= 0.6 is 15.9 Å². The van der Waals surface area contributed by atoms with Gasteiger partial charge in [0, 0.05) is 57.8 Å². The zero-order valence-electron chi connectivity index (χ0n) is 21.2. The van der Waals surface area contributed by atoms with E-state index in [4.69, 9.17) is 5.73 Å². The highest BCUT2D eigenvalue weighted by Gasteiger charge is 2.28. The third kappa shape index (κ3) is 5.49. The molecule has 1 amide bonds. The standard InChI is InChI=1S/C26H38BrN5O2/c1-7-32(20-10-8-19(9-11-20)31(5)6)23-13-18(27)12-21(15(23)2)26(34)29-14-22-16(3)30-17(4)24(28)25(22)33/h12-13,19-20H,7-11,14,28H2,1-6H3,(H,29,34)(H,30,33)/t19-,20-. The average molecular weight is 533 g/mol. The zero-order valence-corrected chi connectivity index (χ0v) is 22.8. The van der Waals surface area contributed by atoms with Crippen molar-refractivity contribution < 1.29 is 4.79 Å². The zero-order chi connectivity index (χ0) is 25.2. The summed E-state index contributed by atoms with van der Waals surface area (Å²) >= 11 is 3.62. The first-order valence-electron chi connectivity index (χ1n) is 12.0. The highest BCUT2D eigenvalue weighted by atomic mass is 79.9. The third-order valence-electron chi connectivity index (χ3n) is 7.25. The van der Waals surface area contributed by atoms with Gasteiger partial charge >= 0.3 is 0 Å². The molecule has 7 nitrogen and oxygen atoms in total. The van der Waals surface area contributed by atoms with E-state index in [0.29, 0.717) is 34.6 Å². The van der Waals surface area contributed by atoms with Crippen molar-refractivity contribution in [2.24, 2.45) is 0 Å². The SMILES string of the molecule is CCN(c1cc(Br)cc(C(=O)NCc2c(C)[nH]c(C)c(N)c2=O)c1C)[C@H]1CC[C@H](N(C)C)CC1. The second kappa shape index (κ2) is 11.0. The lowest BCUT2D eigenvalue weighted by Crippen LogP contribution is -2.42. The molecule has 0 bridgehead atoms. The summed E-state index contributed by atoms with van der Waals surface area (Å²) in [5.41, 5.74) is 10.4. The highest BCUT2D eigenvalue weighted by molar-refractivity contribution is 9.10. The topological polar surface area (TPSA) is 94.5 Å². The molecule has 2 aromatic rings. The Bertz CT molecular complexity index is 1100. The normalized spacial score (nSPS) is 18.2. The summed E-state index contributed by atoms with van der Waals surface area (Å²) < 4.78 is 0.868. The summed E-state index contributed by atoms with van der Waals surface area (Å²) in [5.74, 6) is -0.203. The van der Waals surface area contributed by atoms with Gasteiger partial charge in [0.1, 0.15) is 0 Å². The Balaban J connectivity index is 1.83. The molecule has 0 atom stereocenters. The molecule has 1 aliphatic rings. The maximum absolute atomic E-state index is 13.2. The van der Waals surface area contributed by atoms with Crippen LogP contribution < -0.4 is 21.4 Å². The lowest BCUT2D eigenvalue weighted by Gasteiger charge is -2.40. The number of aromatic amines is 1. The van der Waals surface area contributed by atoms with E-state index in [0.717, 1.165) is 35.1 Å². The van der Waals surface area contributed by atoms with Crippen molar-refractivity contribution in [1.29, 1.82) is 0 Å². The van der Waals surface area contributed by atoms with E-state index < -0.39 is 0 Å². The van der Waals surface area contributed by atoms with Gasteiger partial charge in [0.15, 0.2) is 0 Å². The second-order valence-corrected chi connectivity index (χ2v) is 10.5. The van der Waals surface area contributed by atoms with E-state index in [2.05, 4.69) is 63.1 Å². The molecule has 34 heavy (non-hydrogen) atoms. The van der Waals surface area contributed by atoms with Gasteiger partial charge in [0.05, 0.1) is 5.69 Å². The first-order valence-corrected chi connectivity index (χ1v) is 12.8. The minimum Gasteiger partial charge on any atom is -0.394 e. The van der Waals surface area contributed by atoms with E-state index in [1.807, 2.05) is 19.9 Å². The van der Waals surface area contributed by atoms with Crippen molar-refractivity contribution in [3.8, 4) is 0 Å². The number of carbonyl (C=O) groups is 1. The number of nitrogen functional groups attached to an aromatic ring is 1. The number of nitrogens with one attached hydrogen (secondary N) is 2. The van der Waals surface area contributed by atoms with E-state index >= 15 is 0 Å². The van der Waals surface area contributed by atoms with E-state index in [-0.39, 0.29) is 23.6 Å². The fourth-order valence-corrected chi connectivity index (χ4v) is 5.56. The van der Waals surface area contributed by atoms with E-state index in [1.54, 1.807) is 6.92 Å². The van der Waals surface area contributed by atoms with Crippen LogP contribution in [-0.4, -0.2) is 48.5 Å². The van der Waals surface area contributed by atoms with Crippen LogP contribution in [0.5, 0.6) is 0 Å². The second-order valence-electron chi connectivity index (χ2n) is 9.59. The molecule has 1 aromatic carbocycles. The van der Waals surface area contributed by atoms with Crippen LogP contribution in [0.4, 0.5) is 11.4 Å². The molecule has 0 aliphatic heterocycles. The van der Waals surface area contributed by atoms with Gasteiger partial charge in [-0.25, -0.2) is 0 Å². The number of hydrogen-bond donors (Lipinski definition) is 3. The number of halogens is 1. The van der Waals surface area contributed by atoms with Crippen LogP contribution in [-0.2, 0) is 6.54 Å². The Morgan fingerprint density at radius 3 is 2.32 bits per heavy atom. The molecule has 1 heterocycles. The number of anilines is 2. The predicted octanol–water partition coefficient (Wildman–Crippen LogP) is 4.27. The number of aromatic nitrogens is 1. The Morgan fingerprint density at radius 1 is 1.12 bits per heavy atom. The number of aryl methyl sites for hydroxylation is 2. The molecule has 186 valence electrons. The minimum atomic E-state index is -0.230. The lowest BCUT2D eigenvalue weighted by atomic mass is 9.89. The Hall–Kier alpha value is -2.32. The molecular formula is C26H38BrN5O2. The van der Waals surface area contributed by atoms with Crippen molar-refractivity contribution in [2.75, 3.05) is 31.3 Å². The largest absolute Gasteiger partial charge is 0.394 e. The molecule has 1 aliphatic carbocycles. The van der Waals surface area contributed by atoms with Crippen molar-refractivity contribution in [1.82, 2.24) is 15.2 Å². The van der Waals surface area contributed by atoms with Crippen molar-refractivity contribution in [3.05, 3.63) is 54.9 Å². The number of hydrogen-bond acceptors (Lipinski definition) is 5. The van der Waals surface area contributed by atoms with Crippen LogP contribution in [0.1, 0.15) is 65.5 Å². The summed E-state index contributed by atoms with van der Waals surface area (Å²) in [4.78, 5) is 33.7. The summed E-state index contributed by atoms with van der Waals surface area (Å²) in [6.07, 6.45) is 4.65. The Labute approximate surface area is 211 Å². The number of pyridine rings is 1. The number of rotatable bonds is 7. The number of carbonyl (C=O) groups excluding carboxylic acids is 1.